The Labute approximate surface area is 102 Å². The number of carboxylic acids is 1. The average Bonchev–Trinajstić information content (AvgIpc) is 2.17. The van der Waals surface area contributed by atoms with Crippen LogP contribution in [0.3, 0.4) is 0 Å². The fraction of sp³-hybridized carbons (Fsp3) is 0.0909. The number of esters is 1. The maximum Gasteiger partial charge on any atom is 0.342 e. The van der Waals surface area contributed by atoms with E-state index in [9.17, 15) is 4.79 Å². The van der Waals surface area contributed by atoms with Crippen LogP contribution in [0.1, 0.15) is 17.3 Å². The zero-order chi connectivity index (χ0) is 12.6. The second kappa shape index (κ2) is 7.64. The van der Waals surface area contributed by atoms with Gasteiger partial charge in [-0.1, -0.05) is 28.6 Å². The molecule has 0 fully saturated rings. The minimum atomic E-state index is -0.833. The van der Waals surface area contributed by atoms with E-state index in [0.717, 1.165) is 17.7 Å². The molecule has 0 aliphatic heterocycles. The van der Waals surface area contributed by atoms with Crippen LogP contribution in [0.25, 0.3) is 0 Å². The highest BCUT2D eigenvalue weighted by Gasteiger charge is 2.04. The first kappa shape index (κ1) is 14.4. The lowest BCUT2D eigenvalue weighted by Crippen LogP contribution is -1.99. The molecule has 0 heterocycles. The van der Waals surface area contributed by atoms with Crippen LogP contribution < -0.4 is 0 Å². The SMILES string of the molecule is C=COC(=O)c1cccc(Br)c1.CC(=O)O. The smallest absolute Gasteiger partial charge is 0.342 e. The molecule has 0 bridgehead atoms. The van der Waals surface area contributed by atoms with Crippen molar-refractivity contribution >= 4 is 27.9 Å². The van der Waals surface area contributed by atoms with Crippen molar-refractivity contribution in [3.63, 3.8) is 0 Å². The largest absolute Gasteiger partial charge is 0.481 e. The lowest BCUT2D eigenvalue weighted by Gasteiger charge is -1.98. The summed E-state index contributed by atoms with van der Waals surface area (Å²) in [6, 6.07) is 6.97. The fourth-order valence-corrected chi connectivity index (χ4v) is 1.16. The minimum Gasteiger partial charge on any atom is -0.481 e. The first-order valence-corrected chi connectivity index (χ1v) is 5.03. The van der Waals surface area contributed by atoms with Gasteiger partial charge in [0.15, 0.2) is 0 Å². The summed E-state index contributed by atoms with van der Waals surface area (Å²) in [4.78, 5) is 20.1. The second-order valence-corrected chi connectivity index (χ2v) is 3.52. The second-order valence-electron chi connectivity index (χ2n) is 2.60. The van der Waals surface area contributed by atoms with Crippen molar-refractivity contribution in [2.24, 2.45) is 0 Å². The fourth-order valence-electron chi connectivity index (χ4n) is 0.759. The molecule has 1 aromatic rings. The topological polar surface area (TPSA) is 63.6 Å². The van der Waals surface area contributed by atoms with Crippen LogP contribution in [0.2, 0.25) is 0 Å². The van der Waals surface area contributed by atoms with Gasteiger partial charge < -0.3 is 9.84 Å². The predicted molar refractivity (Wildman–Crippen MR) is 63.1 cm³/mol. The van der Waals surface area contributed by atoms with E-state index in [1.54, 1.807) is 18.2 Å². The van der Waals surface area contributed by atoms with E-state index in [1.165, 1.54) is 0 Å². The highest BCUT2D eigenvalue weighted by molar-refractivity contribution is 9.10. The first-order valence-electron chi connectivity index (χ1n) is 4.24. The average molecular weight is 287 g/mol. The Morgan fingerprint density at radius 3 is 2.50 bits per heavy atom. The van der Waals surface area contributed by atoms with Crippen LogP contribution in [0, 0.1) is 0 Å². The van der Waals surface area contributed by atoms with Crippen molar-refractivity contribution in [3.05, 3.63) is 47.1 Å². The maximum atomic E-state index is 11.1. The van der Waals surface area contributed by atoms with Gasteiger partial charge in [0, 0.05) is 11.4 Å². The number of benzene rings is 1. The third-order valence-electron chi connectivity index (χ3n) is 1.25. The Bertz CT molecular complexity index is 383. The number of hydrogen-bond acceptors (Lipinski definition) is 3. The van der Waals surface area contributed by atoms with Gasteiger partial charge in [0.05, 0.1) is 11.8 Å². The molecule has 0 amide bonds. The maximum absolute atomic E-state index is 11.1. The number of carbonyl (C=O) groups excluding carboxylic acids is 1. The normalized spacial score (nSPS) is 8.38. The van der Waals surface area contributed by atoms with E-state index in [-0.39, 0.29) is 0 Å². The molecule has 0 radical (unpaired) electrons. The summed E-state index contributed by atoms with van der Waals surface area (Å²) in [5.74, 6) is -1.23. The van der Waals surface area contributed by atoms with Crippen LogP contribution in [0.5, 0.6) is 0 Å². The Morgan fingerprint density at radius 1 is 1.50 bits per heavy atom. The van der Waals surface area contributed by atoms with Gasteiger partial charge >= 0.3 is 5.97 Å². The molecular weight excluding hydrogens is 276 g/mol. The van der Waals surface area contributed by atoms with Gasteiger partial charge in [-0.2, -0.15) is 0 Å². The van der Waals surface area contributed by atoms with E-state index in [1.807, 2.05) is 6.07 Å². The van der Waals surface area contributed by atoms with E-state index < -0.39 is 11.9 Å². The summed E-state index contributed by atoms with van der Waals surface area (Å²) >= 11 is 3.25. The summed E-state index contributed by atoms with van der Waals surface area (Å²) in [5.41, 5.74) is 0.504. The third-order valence-corrected chi connectivity index (χ3v) is 1.74. The van der Waals surface area contributed by atoms with Gasteiger partial charge in [-0.15, -0.1) is 0 Å². The summed E-state index contributed by atoms with van der Waals surface area (Å²) in [6.45, 7) is 4.38. The van der Waals surface area contributed by atoms with E-state index >= 15 is 0 Å². The predicted octanol–water partition coefficient (Wildman–Crippen LogP) is 2.84. The van der Waals surface area contributed by atoms with Gasteiger partial charge in [0.1, 0.15) is 0 Å². The molecule has 0 unspecified atom stereocenters. The quantitative estimate of drug-likeness (QED) is 0.671. The first-order chi connectivity index (χ1) is 7.47. The molecule has 1 rings (SSSR count). The van der Waals surface area contributed by atoms with Crippen molar-refractivity contribution in [1.29, 1.82) is 0 Å². The van der Waals surface area contributed by atoms with Crippen LogP contribution in [0.15, 0.2) is 41.6 Å². The van der Waals surface area contributed by atoms with Crippen molar-refractivity contribution in [2.75, 3.05) is 0 Å². The number of aliphatic carboxylic acids is 1. The van der Waals surface area contributed by atoms with Crippen LogP contribution in [-0.4, -0.2) is 17.0 Å². The molecule has 1 N–H and O–H groups in total. The van der Waals surface area contributed by atoms with Gasteiger partial charge in [-0.25, -0.2) is 4.79 Å². The standard InChI is InChI=1S/C9H7BrO2.C2H4O2/c1-2-12-9(11)7-4-3-5-8(10)6-7;1-2(3)4/h2-6H,1H2;1H3,(H,3,4). The van der Waals surface area contributed by atoms with Gasteiger partial charge in [0.25, 0.3) is 5.97 Å². The van der Waals surface area contributed by atoms with Crippen molar-refractivity contribution < 1.29 is 19.4 Å². The number of rotatable bonds is 2. The zero-order valence-corrected chi connectivity index (χ0v) is 10.2. The van der Waals surface area contributed by atoms with Crippen LogP contribution >= 0.6 is 15.9 Å². The Morgan fingerprint density at radius 2 is 2.06 bits per heavy atom. The lowest BCUT2D eigenvalue weighted by atomic mass is 10.2. The highest BCUT2D eigenvalue weighted by atomic mass is 79.9. The molecule has 0 aromatic heterocycles. The Kier molecular flexibility index (Phi) is 6.87. The molecular formula is C11H11BrO4. The van der Waals surface area contributed by atoms with Crippen molar-refractivity contribution in [2.45, 2.75) is 6.92 Å². The molecule has 4 nitrogen and oxygen atoms in total. The van der Waals surface area contributed by atoms with Crippen molar-refractivity contribution in [3.8, 4) is 0 Å². The number of ether oxygens (including phenoxy) is 1. The Hall–Kier alpha value is -1.62. The molecule has 0 aliphatic carbocycles. The summed E-state index contributed by atoms with van der Waals surface area (Å²) in [6.07, 6.45) is 1.11. The molecule has 5 heteroatoms. The van der Waals surface area contributed by atoms with Crippen molar-refractivity contribution in [1.82, 2.24) is 0 Å². The summed E-state index contributed by atoms with van der Waals surface area (Å²) in [7, 11) is 0. The number of carbonyl (C=O) groups is 2. The van der Waals surface area contributed by atoms with E-state index in [2.05, 4.69) is 27.2 Å². The number of hydrogen-bond donors (Lipinski definition) is 1. The molecule has 0 saturated carbocycles. The molecule has 0 atom stereocenters. The van der Waals surface area contributed by atoms with Gasteiger partial charge in [-0.05, 0) is 18.2 Å². The minimum absolute atomic E-state index is 0.397. The molecule has 16 heavy (non-hydrogen) atoms. The monoisotopic (exact) mass is 286 g/mol. The molecule has 1 aromatic carbocycles. The number of halogens is 1. The highest BCUT2D eigenvalue weighted by Crippen LogP contribution is 2.12. The lowest BCUT2D eigenvalue weighted by molar-refractivity contribution is -0.134. The molecule has 0 aliphatic rings. The summed E-state index contributed by atoms with van der Waals surface area (Å²) in [5, 5.41) is 7.42. The third kappa shape index (κ3) is 6.78. The van der Waals surface area contributed by atoms with E-state index in [4.69, 9.17) is 9.90 Å². The molecule has 0 spiro atoms. The van der Waals surface area contributed by atoms with Gasteiger partial charge in [0.2, 0.25) is 0 Å². The number of carboxylic acid groups (broad SMARTS) is 1. The summed E-state index contributed by atoms with van der Waals surface area (Å²) < 4.78 is 5.44. The molecule has 0 saturated heterocycles. The van der Waals surface area contributed by atoms with Gasteiger partial charge in [-0.3, -0.25) is 4.79 Å². The molecule has 86 valence electrons. The zero-order valence-electron chi connectivity index (χ0n) is 8.64. The van der Waals surface area contributed by atoms with E-state index in [0.29, 0.717) is 5.56 Å². The van der Waals surface area contributed by atoms with Crippen LogP contribution in [-0.2, 0) is 9.53 Å². The van der Waals surface area contributed by atoms with Crippen LogP contribution in [0.4, 0.5) is 0 Å². The Balaban J connectivity index is 0.000000487.